The third kappa shape index (κ3) is 2.29. The number of hydrogen-bond donors (Lipinski definition) is 1. The summed E-state index contributed by atoms with van der Waals surface area (Å²) in [5, 5.41) is 4.30. The highest BCUT2D eigenvalue weighted by atomic mass is 35.5. The van der Waals surface area contributed by atoms with Gasteiger partial charge in [-0.2, -0.15) is 0 Å². The monoisotopic (exact) mass is 232 g/mol. The average molecular weight is 233 g/mol. The minimum Gasteiger partial charge on any atom is -0.379 e. The Morgan fingerprint density at radius 3 is 3.00 bits per heavy atom. The fourth-order valence-electron chi connectivity index (χ4n) is 1.36. The van der Waals surface area contributed by atoms with Crippen LogP contribution in [0.25, 0.3) is 0 Å². The third-order valence-electron chi connectivity index (χ3n) is 2.08. The topological polar surface area (TPSA) is 34.2 Å². The molecule has 1 aromatic rings. The lowest BCUT2D eigenvalue weighted by molar-refractivity contribution is 0.195. The number of aromatic nitrogens is 1. The highest BCUT2D eigenvalue weighted by molar-refractivity contribution is 6.35. The van der Waals surface area contributed by atoms with Crippen LogP contribution in [0.3, 0.4) is 0 Å². The first-order valence-corrected chi connectivity index (χ1v) is 5.16. The first-order chi connectivity index (χ1) is 6.75. The highest BCUT2D eigenvalue weighted by Gasteiger charge is 2.16. The molecule has 1 aliphatic heterocycles. The van der Waals surface area contributed by atoms with Gasteiger partial charge in [0, 0.05) is 12.8 Å². The van der Waals surface area contributed by atoms with E-state index in [-0.39, 0.29) is 0 Å². The molecule has 3 nitrogen and oxygen atoms in total. The van der Waals surface area contributed by atoms with Gasteiger partial charge in [0.2, 0.25) is 0 Å². The zero-order chi connectivity index (χ0) is 9.97. The number of anilines is 1. The maximum atomic E-state index is 5.96. The lowest BCUT2D eigenvalue weighted by atomic mass is 10.2. The molecule has 5 heteroatoms. The van der Waals surface area contributed by atoms with Crippen molar-refractivity contribution in [3.05, 3.63) is 22.3 Å². The van der Waals surface area contributed by atoms with Crippen molar-refractivity contribution in [2.45, 2.75) is 12.5 Å². The van der Waals surface area contributed by atoms with Gasteiger partial charge >= 0.3 is 0 Å². The normalized spacial score (nSPS) is 21.1. The van der Waals surface area contributed by atoms with Crippen LogP contribution in [0.5, 0.6) is 0 Å². The van der Waals surface area contributed by atoms with E-state index in [2.05, 4.69) is 10.3 Å². The van der Waals surface area contributed by atoms with Gasteiger partial charge in [0.05, 0.1) is 22.7 Å². The predicted octanol–water partition coefficient (Wildman–Crippen LogP) is 2.59. The summed E-state index contributed by atoms with van der Waals surface area (Å²) in [5.41, 5.74) is 0. The van der Waals surface area contributed by atoms with Gasteiger partial charge in [0.15, 0.2) is 0 Å². The van der Waals surface area contributed by atoms with Gasteiger partial charge in [-0.1, -0.05) is 23.2 Å². The summed E-state index contributed by atoms with van der Waals surface area (Å²) in [4.78, 5) is 4.11. The molecule has 1 saturated heterocycles. The second kappa shape index (κ2) is 4.34. The molecule has 76 valence electrons. The van der Waals surface area contributed by atoms with E-state index in [0.29, 0.717) is 28.5 Å². The van der Waals surface area contributed by atoms with E-state index >= 15 is 0 Å². The Labute approximate surface area is 92.4 Å². The van der Waals surface area contributed by atoms with Crippen LogP contribution in [-0.2, 0) is 4.74 Å². The van der Waals surface area contributed by atoms with Crippen molar-refractivity contribution in [2.75, 3.05) is 18.5 Å². The van der Waals surface area contributed by atoms with Crippen LogP contribution >= 0.6 is 23.2 Å². The molecule has 2 heterocycles. The van der Waals surface area contributed by atoms with Gasteiger partial charge in [-0.3, -0.25) is 0 Å². The summed E-state index contributed by atoms with van der Waals surface area (Å²) in [5.74, 6) is 0.673. The van der Waals surface area contributed by atoms with Gasteiger partial charge < -0.3 is 10.1 Å². The number of pyridine rings is 1. The Morgan fingerprint density at radius 2 is 2.36 bits per heavy atom. The molecule has 2 rings (SSSR count). The number of rotatable bonds is 2. The zero-order valence-electron chi connectivity index (χ0n) is 7.46. The summed E-state index contributed by atoms with van der Waals surface area (Å²) in [6.07, 6.45) is 2.56. The summed E-state index contributed by atoms with van der Waals surface area (Å²) in [6, 6.07) is 1.98. The van der Waals surface area contributed by atoms with Crippen LogP contribution in [0.15, 0.2) is 12.3 Å². The zero-order valence-corrected chi connectivity index (χ0v) is 8.98. The minimum absolute atomic E-state index is 0.307. The summed E-state index contributed by atoms with van der Waals surface area (Å²) >= 11 is 11.7. The number of nitrogens with zero attached hydrogens (tertiary/aromatic N) is 1. The Kier molecular flexibility index (Phi) is 3.11. The molecular formula is C9H10Cl2N2O. The standard InChI is InChI=1S/C9H10Cl2N2O/c10-6-3-8(11)9(12-4-6)13-7-1-2-14-5-7/h3-4,7H,1-2,5H2,(H,12,13). The number of ether oxygens (including phenoxy) is 1. The fraction of sp³-hybridized carbons (Fsp3) is 0.444. The molecule has 0 amide bonds. The van der Waals surface area contributed by atoms with Gasteiger partial charge in [-0.15, -0.1) is 0 Å². The second-order valence-corrected chi connectivity index (χ2v) is 4.03. The van der Waals surface area contributed by atoms with E-state index in [4.69, 9.17) is 27.9 Å². The molecule has 0 spiro atoms. The van der Waals surface area contributed by atoms with Crippen LogP contribution in [0, 0.1) is 0 Å². The van der Waals surface area contributed by atoms with E-state index in [9.17, 15) is 0 Å². The maximum absolute atomic E-state index is 5.96. The first kappa shape index (κ1) is 10.0. The first-order valence-electron chi connectivity index (χ1n) is 4.41. The van der Waals surface area contributed by atoms with E-state index in [1.54, 1.807) is 12.3 Å². The van der Waals surface area contributed by atoms with E-state index in [1.165, 1.54) is 0 Å². The molecule has 0 aliphatic carbocycles. The molecule has 1 atom stereocenters. The molecule has 1 aromatic heterocycles. The molecule has 0 saturated carbocycles. The average Bonchev–Trinajstić information content (AvgIpc) is 2.62. The van der Waals surface area contributed by atoms with Gasteiger partial charge in [-0.25, -0.2) is 4.98 Å². The summed E-state index contributed by atoms with van der Waals surface area (Å²) in [7, 11) is 0. The molecule has 1 N–H and O–H groups in total. The number of hydrogen-bond acceptors (Lipinski definition) is 3. The van der Waals surface area contributed by atoms with Crippen molar-refractivity contribution >= 4 is 29.0 Å². The van der Waals surface area contributed by atoms with E-state index < -0.39 is 0 Å². The lowest BCUT2D eigenvalue weighted by Gasteiger charge is -2.12. The Balaban J connectivity index is 2.08. The predicted molar refractivity (Wildman–Crippen MR) is 57.1 cm³/mol. The summed E-state index contributed by atoms with van der Waals surface area (Å²) < 4.78 is 5.23. The van der Waals surface area contributed by atoms with Crippen LogP contribution in [0.4, 0.5) is 5.82 Å². The quantitative estimate of drug-likeness (QED) is 0.852. The van der Waals surface area contributed by atoms with Crippen LogP contribution in [0.1, 0.15) is 6.42 Å². The van der Waals surface area contributed by atoms with E-state index in [0.717, 1.165) is 13.0 Å². The van der Waals surface area contributed by atoms with Crippen LogP contribution < -0.4 is 5.32 Å². The Hall–Kier alpha value is -0.510. The number of nitrogens with one attached hydrogen (secondary N) is 1. The van der Waals surface area contributed by atoms with E-state index in [1.807, 2.05) is 0 Å². The molecule has 14 heavy (non-hydrogen) atoms. The maximum Gasteiger partial charge on any atom is 0.145 e. The molecule has 1 fully saturated rings. The van der Waals surface area contributed by atoms with Crippen molar-refractivity contribution in [3.63, 3.8) is 0 Å². The van der Waals surface area contributed by atoms with Crippen molar-refractivity contribution in [1.29, 1.82) is 0 Å². The Bertz CT molecular complexity index is 327. The summed E-state index contributed by atoms with van der Waals surface area (Å²) in [6.45, 7) is 1.50. The van der Waals surface area contributed by atoms with Gasteiger partial charge in [0.25, 0.3) is 0 Å². The smallest absolute Gasteiger partial charge is 0.145 e. The highest BCUT2D eigenvalue weighted by Crippen LogP contribution is 2.24. The molecule has 0 bridgehead atoms. The fourth-order valence-corrected chi connectivity index (χ4v) is 1.80. The molecule has 1 unspecified atom stereocenters. The molecular weight excluding hydrogens is 223 g/mol. The van der Waals surface area contributed by atoms with Crippen molar-refractivity contribution in [2.24, 2.45) is 0 Å². The molecule has 0 radical (unpaired) electrons. The number of halogens is 2. The molecule has 0 aromatic carbocycles. The van der Waals surface area contributed by atoms with Gasteiger partial charge in [-0.05, 0) is 12.5 Å². The lowest BCUT2D eigenvalue weighted by Crippen LogP contribution is -2.19. The SMILES string of the molecule is Clc1cnc(NC2CCOC2)c(Cl)c1. The van der Waals surface area contributed by atoms with Crippen LogP contribution in [-0.4, -0.2) is 24.2 Å². The Morgan fingerprint density at radius 1 is 1.50 bits per heavy atom. The third-order valence-corrected chi connectivity index (χ3v) is 2.57. The second-order valence-electron chi connectivity index (χ2n) is 3.19. The van der Waals surface area contributed by atoms with Crippen molar-refractivity contribution in [3.8, 4) is 0 Å². The van der Waals surface area contributed by atoms with Gasteiger partial charge in [0.1, 0.15) is 5.82 Å². The van der Waals surface area contributed by atoms with Crippen molar-refractivity contribution < 1.29 is 4.74 Å². The molecule has 1 aliphatic rings. The largest absolute Gasteiger partial charge is 0.379 e. The van der Waals surface area contributed by atoms with Crippen molar-refractivity contribution in [1.82, 2.24) is 4.98 Å². The minimum atomic E-state index is 0.307. The van der Waals surface area contributed by atoms with Crippen LogP contribution in [0.2, 0.25) is 10.0 Å².